The van der Waals surface area contributed by atoms with Gasteiger partial charge in [0, 0.05) is 29.2 Å². The lowest BCUT2D eigenvalue weighted by Gasteiger charge is -2.02. The molecule has 23 heavy (non-hydrogen) atoms. The van der Waals surface area contributed by atoms with Crippen LogP contribution in [0.5, 0.6) is 0 Å². The maximum absolute atomic E-state index is 12.1. The third-order valence-electron chi connectivity index (χ3n) is 3.34. The van der Waals surface area contributed by atoms with Crippen molar-refractivity contribution in [3.8, 4) is 11.3 Å². The molecule has 0 spiro atoms. The quantitative estimate of drug-likeness (QED) is 0.744. The predicted molar refractivity (Wildman–Crippen MR) is 86.3 cm³/mol. The summed E-state index contributed by atoms with van der Waals surface area (Å²) >= 11 is 0. The summed E-state index contributed by atoms with van der Waals surface area (Å²) in [7, 11) is 0. The number of anilines is 1. The highest BCUT2D eigenvalue weighted by atomic mass is 16.3. The van der Waals surface area contributed by atoms with Crippen molar-refractivity contribution in [3.63, 3.8) is 0 Å². The number of Topliss-reactive ketones (excluding diaryl/α,β-unsaturated/α-hetero) is 1. The van der Waals surface area contributed by atoms with Gasteiger partial charge in [-0.15, -0.1) is 0 Å². The zero-order valence-electron chi connectivity index (χ0n) is 12.4. The Morgan fingerprint density at radius 3 is 2.30 bits per heavy atom. The van der Waals surface area contributed by atoms with Gasteiger partial charge >= 0.3 is 0 Å². The van der Waals surface area contributed by atoms with Gasteiger partial charge in [0.05, 0.1) is 0 Å². The van der Waals surface area contributed by atoms with Gasteiger partial charge in [0.15, 0.2) is 11.5 Å². The molecule has 1 N–H and O–H groups in total. The van der Waals surface area contributed by atoms with Gasteiger partial charge in [-0.1, -0.05) is 24.3 Å². The van der Waals surface area contributed by atoms with Crippen molar-refractivity contribution in [2.24, 2.45) is 0 Å². The summed E-state index contributed by atoms with van der Waals surface area (Å²) in [6, 6.07) is 13.8. The van der Waals surface area contributed by atoms with Crippen LogP contribution in [-0.2, 0) is 0 Å². The molecule has 0 saturated heterocycles. The molecule has 1 amide bonds. The van der Waals surface area contributed by atoms with Crippen molar-refractivity contribution in [2.75, 3.05) is 5.32 Å². The smallest absolute Gasteiger partial charge is 0.291 e. The van der Waals surface area contributed by atoms with Crippen molar-refractivity contribution in [1.29, 1.82) is 0 Å². The molecule has 0 saturated carbocycles. The number of aromatic nitrogens is 1. The van der Waals surface area contributed by atoms with E-state index >= 15 is 0 Å². The molecule has 114 valence electrons. The summed E-state index contributed by atoms with van der Waals surface area (Å²) in [5.74, 6) is 0.462. The first-order valence-corrected chi connectivity index (χ1v) is 7.06. The molecule has 5 heteroatoms. The fourth-order valence-corrected chi connectivity index (χ4v) is 2.11. The number of amides is 1. The van der Waals surface area contributed by atoms with E-state index in [2.05, 4.69) is 10.3 Å². The standard InChI is InChI=1S/C18H14N2O3/c1-12(21)13-2-4-14(5-3-13)16-6-7-17(23-16)18(22)20-15-8-10-19-11-9-15/h2-11H,1H3,(H,19,20,22). The average Bonchev–Trinajstić information content (AvgIpc) is 3.06. The number of rotatable bonds is 4. The number of hydrogen-bond acceptors (Lipinski definition) is 4. The summed E-state index contributed by atoms with van der Waals surface area (Å²) in [5.41, 5.74) is 2.09. The molecule has 5 nitrogen and oxygen atoms in total. The molecule has 1 aromatic carbocycles. The molecule has 0 aliphatic rings. The Kier molecular flexibility index (Phi) is 4.01. The van der Waals surface area contributed by atoms with Crippen LogP contribution in [0.25, 0.3) is 11.3 Å². The highest BCUT2D eigenvalue weighted by Gasteiger charge is 2.12. The number of benzene rings is 1. The molecule has 0 bridgehead atoms. The van der Waals surface area contributed by atoms with Crippen LogP contribution in [0.2, 0.25) is 0 Å². The van der Waals surface area contributed by atoms with E-state index < -0.39 is 0 Å². The minimum absolute atomic E-state index is 0.00779. The topological polar surface area (TPSA) is 72.2 Å². The third-order valence-corrected chi connectivity index (χ3v) is 3.34. The Morgan fingerprint density at radius 1 is 0.957 bits per heavy atom. The summed E-state index contributed by atoms with van der Waals surface area (Å²) in [6.07, 6.45) is 3.19. The summed E-state index contributed by atoms with van der Waals surface area (Å²) in [5, 5.41) is 2.73. The largest absolute Gasteiger partial charge is 0.451 e. The Labute approximate surface area is 133 Å². The average molecular weight is 306 g/mol. The summed E-state index contributed by atoms with van der Waals surface area (Å²) < 4.78 is 5.59. The number of pyridine rings is 1. The second-order valence-corrected chi connectivity index (χ2v) is 4.99. The van der Waals surface area contributed by atoms with E-state index in [-0.39, 0.29) is 17.5 Å². The maximum Gasteiger partial charge on any atom is 0.291 e. The Morgan fingerprint density at radius 2 is 1.65 bits per heavy atom. The van der Waals surface area contributed by atoms with E-state index in [0.717, 1.165) is 5.56 Å². The highest BCUT2D eigenvalue weighted by Crippen LogP contribution is 2.23. The fraction of sp³-hybridized carbons (Fsp3) is 0.0556. The zero-order valence-corrected chi connectivity index (χ0v) is 12.4. The molecule has 3 rings (SSSR count). The molecular formula is C18H14N2O3. The molecule has 0 aliphatic heterocycles. The maximum atomic E-state index is 12.1. The fourth-order valence-electron chi connectivity index (χ4n) is 2.11. The Hall–Kier alpha value is -3.21. The van der Waals surface area contributed by atoms with E-state index in [0.29, 0.717) is 17.0 Å². The van der Waals surface area contributed by atoms with E-state index in [4.69, 9.17) is 4.42 Å². The van der Waals surface area contributed by atoms with E-state index in [1.807, 2.05) is 0 Å². The monoisotopic (exact) mass is 306 g/mol. The molecular weight excluding hydrogens is 292 g/mol. The van der Waals surface area contributed by atoms with Crippen LogP contribution in [0.1, 0.15) is 27.8 Å². The van der Waals surface area contributed by atoms with Crippen LogP contribution in [0.3, 0.4) is 0 Å². The van der Waals surface area contributed by atoms with Crippen LogP contribution in [0, 0.1) is 0 Å². The Balaban J connectivity index is 1.77. The van der Waals surface area contributed by atoms with Gasteiger partial charge < -0.3 is 9.73 Å². The van der Waals surface area contributed by atoms with Crippen molar-refractivity contribution in [1.82, 2.24) is 4.98 Å². The summed E-state index contributed by atoms with van der Waals surface area (Å²) in [6.45, 7) is 1.52. The van der Waals surface area contributed by atoms with Crippen molar-refractivity contribution in [3.05, 3.63) is 72.2 Å². The lowest BCUT2D eigenvalue weighted by molar-refractivity contribution is 0.0994. The molecule has 2 heterocycles. The van der Waals surface area contributed by atoms with Gasteiger partial charge in [0.25, 0.3) is 5.91 Å². The second-order valence-electron chi connectivity index (χ2n) is 4.99. The predicted octanol–water partition coefficient (Wildman–Crippen LogP) is 3.80. The molecule has 0 unspecified atom stereocenters. The van der Waals surface area contributed by atoms with Crippen LogP contribution in [-0.4, -0.2) is 16.7 Å². The number of nitrogens with zero attached hydrogens (tertiary/aromatic N) is 1. The number of hydrogen-bond donors (Lipinski definition) is 1. The zero-order chi connectivity index (χ0) is 16.2. The normalized spacial score (nSPS) is 10.3. The SMILES string of the molecule is CC(=O)c1ccc(-c2ccc(C(=O)Nc3ccncc3)o2)cc1. The lowest BCUT2D eigenvalue weighted by Crippen LogP contribution is -2.10. The number of carbonyl (C=O) groups is 2. The minimum Gasteiger partial charge on any atom is -0.451 e. The minimum atomic E-state index is -0.331. The van der Waals surface area contributed by atoms with Crippen LogP contribution in [0.15, 0.2) is 65.3 Å². The first-order valence-electron chi connectivity index (χ1n) is 7.06. The Bertz CT molecular complexity index is 836. The third kappa shape index (κ3) is 3.35. The van der Waals surface area contributed by atoms with Gasteiger partial charge in [0.1, 0.15) is 5.76 Å². The number of nitrogens with one attached hydrogen (secondary N) is 1. The van der Waals surface area contributed by atoms with Crippen LogP contribution in [0.4, 0.5) is 5.69 Å². The first-order chi connectivity index (χ1) is 11.1. The van der Waals surface area contributed by atoms with Gasteiger partial charge in [-0.05, 0) is 31.2 Å². The summed E-state index contributed by atoms with van der Waals surface area (Å²) in [4.78, 5) is 27.3. The number of furan rings is 1. The molecule has 0 aliphatic carbocycles. The molecule has 3 aromatic rings. The van der Waals surface area contributed by atoms with Crippen molar-refractivity contribution in [2.45, 2.75) is 6.92 Å². The molecule has 2 aromatic heterocycles. The van der Waals surface area contributed by atoms with E-state index in [1.165, 1.54) is 6.92 Å². The van der Waals surface area contributed by atoms with Gasteiger partial charge in [-0.2, -0.15) is 0 Å². The number of carbonyl (C=O) groups excluding carboxylic acids is 2. The highest BCUT2D eigenvalue weighted by molar-refractivity contribution is 6.02. The van der Waals surface area contributed by atoms with Gasteiger partial charge in [-0.25, -0.2) is 0 Å². The van der Waals surface area contributed by atoms with E-state index in [1.54, 1.807) is 60.9 Å². The van der Waals surface area contributed by atoms with Crippen molar-refractivity contribution >= 4 is 17.4 Å². The molecule has 0 fully saturated rings. The van der Waals surface area contributed by atoms with Crippen molar-refractivity contribution < 1.29 is 14.0 Å². The number of ketones is 1. The van der Waals surface area contributed by atoms with E-state index in [9.17, 15) is 9.59 Å². The van der Waals surface area contributed by atoms with Crippen LogP contribution >= 0.6 is 0 Å². The van der Waals surface area contributed by atoms with Crippen LogP contribution < -0.4 is 5.32 Å². The molecule has 0 radical (unpaired) electrons. The first kappa shape index (κ1) is 14.7. The molecule has 0 atom stereocenters. The second kappa shape index (κ2) is 6.27. The lowest BCUT2D eigenvalue weighted by atomic mass is 10.1. The van der Waals surface area contributed by atoms with Gasteiger partial charge in [-0.3, -0.25) is 14.6 Å². The van der Waals surface area contributed by atoms with Gasteiger partial charge in [0.2, 0.25) is 0 Å².